The van der Waals surface area contributed by atoms with Crippen LogP contribution in [-0.2, 0) is 11.3 Å². The summed E-state index contributed by atoms with van der Waals surface area (Å²) in [5, 5.41) is 3.24. The van der Waals surface area contributed by atoms with Gasteiger partial charge in [0.1, 0.15) is 0 Å². The van der Waals surface area contributed by atoms with Crippen LogP contribution in [0.3, 0.4) is 0 Å². The number of nitrogens with zero attached hydrogens (tertiary/aromatic N) is 3. The Labute approximate surface area is 152 Å². The summed E-state index contributed by atoms with van der Waals surface area (Å²) in [5.41, 5.74) is 1.35. The number of piperazine rings is 1. The first-order valence-electron chi connectivity index (χ1n) is 9.73. The van der Waals surface area contributed by atoms with E-state index in [2.05, 4.69) is 57.3 Å². The third kappa shape index (κ3) is 5.80. The van der Waals surface area contributed by atoms with Gasteiger partial charge in [-0.25, -0.2) is 0 Å². The van der Waals surface area contributed by atoms with Gasteiger partial charge in [0.05, 0.1) is 0 Å². The average molecular weight is 345 g/mol. The van der Waals surface area contributed by atoms with E-state index in [0.29, 0.717) is 12.5 Å². The summed E-state index contributed by atoms with van der Waals surface area (Å²) in [6.07, 6.45) is 1.69. The van der Waals surface area contributed by atoms with E-state index < -0.39 is 0 Å². The van der Waals surface area contributed by atoms with Crippen LogP contribution in [-0.4, -0.2) is 79.0 Å². The highest BCUT2D eigenvalue weighted by Gasteiger charge is 2.24. The number of benzene rings is 1. The molecule has 2 saturated heterocycles. The van der Waals surface area contributed by atoms with Crippen molar-refractivity contribution in [3.05, 3.63) is 35.9 Å². The molecule has 1 aromatic rings. The maximum absolute atomic E-state index is 12.3. The molecule has 25 heavy (non-hydrogen) atoms. The molecule has 3 rings (SSSR count). The summed E-state index contributed by atoms with van der Waals surface area (Å²) < 4.78 is 0. The lowest BCUT2D eigenvalue weighted by Crippen LogP contribution is -2.47. The normalized spacial score (nSPS) is 23.0. The Balaban J connectivity index is 1.32. The molecule has 2 heterocycles. The Morgan fingerprint density at radius 1 is 1.04 bits per heavy atom. The molecule has 2 aliphatic rings. The van der Waals surface area contributed by atoms with Crippen LogP contribution in [0.4, 0.5) is 0 Å². The minimum Gasteiger partial charge on any atom is -0.352 e. The van der Waals surface area contributed by atoms with Gasteiger partial charge in [-0.3, -0.25) is 9.69 Å². The molecular formula is C20H32N4O. The van der Waals surface area contributed by atoms with Gasteiger partial charge in [-0.2, -0.15) is 0 Å². The molecule has 1 aromatic carbocycles. The Bertz CT molecular complexity index is 528. The first kappa shape index (κ1) is 18.4. The van der Waals surface area contributed by atoms with Crippen LogP contribution in [0.25, 0.3) is 0 Å². The van der Waals surface area contributed by atoms with E-state index in [1.54, 1.807) is 0 Å². The quantitative estimate of drug-likeness (QED) is 0.812. The first-order chi connectivity index (χ1) is 12.2. The lowest BCUT2D eigenvalue weighted by molar-refractivity contribution is -0.122. The molecule has 0 saturated carbocycles. The Hall–Kier alpha value is -1.43. The predicted molar refractivity (Wildman–Crippen MR) is 101 cm³/mol. The van der Waals surface area contributed by atoms with E-state index in [-0.39, 0.29) is 5.91 Å². The van der Waals surface area contributed by atoms with Crippen LogP contribution in [0.5, 0.6) is 0 Å². The maximum atomic E-state index is 12.3. The molecule has 1 amide bonds. The second-order valence-electron chi connectivity index (χ2n) is 7.30. The molecule has 5 heteroatoms. The molecule has 0 bridgehead atoms. The molecule has 1 atom stereocenters. The topological polar surface area (TPSA) is 38.8 Å². The summed E-state index contributed by atoms with van der Waals surface area (Å²) >= 11 is 0. The fourth-order valence-corrected chi connectivity index (χ4v) is 3.82. The van der Waals surface area contributed by atoms with Crippen molar-refractivity contribution < 1.29 is 4.79 Å². The largest absolute Gasteiger partial charge is 0.352 e. The average Bonchev–Trinajstić information content (AvgIpc) is 3.08. The van der Waals surface area contributed by atoms with E-state index in [1.807, 2.05) is 0 Å². The Kier molecular flexibility index (Phi) is 6.84. The zero-order chi connectivity index (χ0) is 17.5. The van der Waals surface area contributed by atoms with Gasteiger partial charge in [0.15, 0.2) is 0 Å². The molecule has 0 radical (unpaired) electrons. The SMILES string of the molecule is CCN1CCN(CCC(=O)N[C@H]2CCN(Cc3ccccc3)C2)CC1. The fraction of sp³-hybridized carbons (Fsp3) is 0.650. The summed E-state index contributed by atoms with van der Waals surface area (Å²) in [7, 11) is 0. The Morgan fingerprint density at radius 2 is 1.76 bits per heavy atom. The lowest BCUT2D eigenvalue weighted by atomic mass is 10.2. The summed E-state index contributed by atoms with van der Waals surface area (Å²) in [4.78, 5) is 19.6. The van der Waals surface area contributed by atoms with Crippen LogP contribution in [0.1, 0.15) is 25.3 Å². The van der Waals surface area contributed by atoms with E-state index >= 15 is 0 Å². The third-order valence-corrected chi connectivity index (χ3v) is 5.45. The van der Waals surface area contributed by atoms with Crippen molar-refractivity contribution in [1.82, 2.24) is 20.0 Å². The number of carbonyl (C=O) groups excluding carboxylic acids is 1. The predicted octanol–water partition coefficient (Wildman–Crippen LogP) is 1.40. The number of hydrogen-bond donors (Lipinski definition) is 1. The first-order valence-corrected chi connectivity index (χ1v) is 9.73. The number of carbonyl (C=O) groups is 1. The van der Waals surface area contributed by atoms with Gasteiger partial charge in [-0.1, -0.05) is 37.3 Å². The highest BCUT2D eigenvalue weighted by Crippen LogP contribution is 2.13. The van der Waals surface area contributed by atoms with Crippen LogP contribution in [0, 0.1) is 0 Å². The van der Waals surface area contributed by atoms with Gasteiger partial charge >= 0.3 is 0 Å². The number of likely N-dealkylation sites (N-methyl/N-ethyl adjacent to an activating group) is 1. The van der Waals surface area contributed by atoms with Crippen LogP contribution in [0.15, 0.2) is 30.3 Å². The highest BCUT2D eigenvalue weighted by molar-refractivity contribution is 5.76. The van der Waals surface area contributed by atoms with E-state index in [1.165, 1.54) is 5.56 Å². The number of rotatable bonds is 7. The van der Waals surface area contributed by atoms with E-state index in [0.717, 1.165) is 65.3 Å². The van der Waals surface area contributed by atoms with Crippen LogP contribution < -0.4 is 5.32 Å². The van der Waals surface area contributed by atoms with Crippen molar-refractivity contribution in [2.75, 3.05) is 52.4 Å². The van der Waals surface area contributed by atoms with Crippen LogP contribution in [0.2, 0.25) is 0 Å². The fourth-order valence-electron chi connectivity index (χ4n) is 3.82. The smallest absolute Gasteiger partial charge is 0.221 e. The lowest BCUT2D eigenvalue weighted by Gasteiger charge is -2.33. The molecule has 138 valence electrons. The molecule has 5 nitrogen and oxygen atoms in total. The van der Waals surface area contributed by atoms with Crippen molar-refractivity contribution in [1.29, 1.82) is 0 Å². The second-order valence-corrected chi connectivity index (χ2v) is 7.30. The van der Waals surface area contributed by atoms with Crippen molar-refractivity contribution in [2.24, 2.45) is 0 Å². The van der Waals surface area contributed by atoms with Gasteiger partial charge in [0.2, 0.25) is 5.91 Å². The number of nitrogens with one attached hydrogen (secondary N) is 1. The van der Waals surface area contributed by atoms with Gasteiger partial charge in [-0.15, -0.1) is 0 Å². The summed E-state index contributed by atoms with van der Waals surface area (Å²) in [6.45, 7) is 11.7. The Morgan fingerprint density at radius 3 is 2.48 bits per heavy atom. The highest BCUT2D eigenvalue weighted by atomic mass is 16.1. The van der Waals surface area contributed by atoms with Gasteiger partial charge in [-0.05, 0) is 18.5 Å². The summed E-state index contributed by atoms with van der Waals surface area (Å²) in [6, 6.07) is 10.9. The molecule has 0 aliphatic carbocycles. The molecule has 0 spiro atoms. The van der Waals surface area contributed by atoms with Crippen molar-refractivity contribution >= 4 is 5.91 Å². The van der Waals surface area contributed by atoms with Gasteiger partial charge in [0, 0.05) is 64.8 Å². The summed E-state index contributed by atoms with van der Waals surface area (Å²) in [5.74, 6) is 0.212. The molecular weight excluding hydrogens is 312 g/mol. The van der Waals surface area contributed by atoms with Crippen molar-refractivity contribution in [3.8, 4) is 0 Å². The molecule has 1 N–H and O–H groups in total. The zero-order valence-electron chi connectivity index (χ0n) is 15.5. The molecule has 0 unspecified atom stereocenters. The van der Waals surface area contributed by atoms with Crippen LogP contribution >= 0.6 is 0 Å². The molecule has 0 aromatic heterocycles. The zero-order valence-corrected chi connectivity index (χ0v) is 15.5. The molecule has 2 aliphatic heterocycles. The standard InChI is InChI=1S/C20H32N4O/c1-2-22-12-14-23(15-13-22)11-9-20(25)21-19-8-10-24(17-19)16-18-6-4-3-5-7-18/h3-7,19H,2,8-17H2,1H3,(H,21,25)/t19-/m0/s1. The minimum atomic E-state index is 0.212. The molecule has 2 fully saturated rings. The number of likely N-dealkylation sites (tertiary alicyclic amines) is 1. The number of amides is 1. The monoisotopic (exact) mass is 344 g/mol. The van der Waals surface area contributed by atoms with Crippen molar-refractivity contribution in [2.45, 2.75) is 32.4 Å². The van der Waals surface area contributed by atoms with E-state index in [9.17, 15) is 4.79 Å². The minimum absolute atomic E-state index is 0.212. The second kappa shape index (κ2) is 9.32. The maximum Gasteiger partial charge on any atom is 0.221 e. The van der Waals surface area contributed by atoms with E-state index in [4.69, 9.17) is 0 Å². The van der Waals surface area contributed by atoms with Gasteiger partial charge in [0.25, 0.3) is 0 Å². The van der Waals surface area contributed by atoms with Gasteiger partial charge < -0.3 is 15.1 Å². The van der Waals surface area contributed by atoms with Crippen molar-refractivity contribution in [3.63, 3.8) is 0 Å². The number of hydrogen-bond acceptors (Lipinski definition) is 4. The third-order valence-electron chi connectivity index (χ3n) is 5.45.